The number of rotatable bonds is 4. The molecule has 1 aromatic heterocycles. The Balaban J connectivity index is 1.67. The third kappa shape index (κ3) is 3.02. The van der Waals surface area contributed by atoms with Gasteiger partial charge >= 0.3 is 0 Å². The fourth-order valence-electron chi connectivity index (χ4n) is 2.87. The van der Waals surface area contributed by atoms with E-state index in [4.69, 9.17) is 0 Å². The molecule has 1 heterocycles. The molecule has 0 aliphatic rings. The second-order valence-electron chi connectivity index (χ2n) is 5.96. The van der Waals surface area contributed by atoms with Gasteiger partial charge in [0.2, 0.25) is 0 Å². The number of hydrogen-bond acceptors (Lipinski definition) is 4. The summed E-state index contributed by atoms with van der Waals surface area (Å²) < 4.78 is 1.31. The van der Waals surface area contributed by atoms with E-state index in [0.29, 0.717) is 22.0 Å². The highest BCUT2D eigenvalue weighted by Gasteiger charge is 2.10. The molecule has 0 aliphatic heterocycles. The van der Waals surface area contributed by atoms with Gasteiger partial charge in [0.25, 0.3) is 5.56 Å². The quantitative estimate of drug-likeness (QED) is 0.535. The molecule has 0 N–H and O–H groups in total. The number of benzene rings is 3. The first-order valence-electron chi connectivity index (χ1n) is 8.23. The van der Waals surface area contributed by atoms with Crippen molar-refractivity contribution in [3.63, 3.8) is 0 Å². The molecule has 0 fully saturated rings. The van der Waals surface area contributed by atoms with Crippen molar-refractivity contribution in [1.82, 2.24) is 15.0 Å². The fourth-order valence-corrected chi connectivity index (χ4v) is 2.87. The molecule has 0 spiro atoms. The molecule has 5 heteroatoms. The summed E-state index contributed by atoms with van der Waals surface area (Å²) in [6, 6.07) is 23.5. The highest BCUT2D eigenvalue weighted by Crippen LogP contribution is 2.12. The van der Waals surface area contributed by atoms with Crippen molar-refractivity contribution in [2.24, 2.45) is 0 Å². The predicted octanol–water partition coefficient (Wildman–Crippen LogP) is 3.07. The van der Waals surface area contributed by atoms with Crippen LogP contribution in [0.25, 0.3) is 10.9 Å². The molecule has 0 amide bonds. The summed E-state index contributed by atoms with van der Waals surface area (Å²) in [5.41, 5.74) is 2.40. The van der Waals surface area contributed by atoms with E-state index in [0.717, 1.165) is 5.56 Å². The zero-order chi connectivity index (χ0) is 17.9. The SMILES string of the molecule is O=C(c1ccccc1)c1cccc(Cn2nnc3ccccc3c2=O)c1. The first-order valence-corrected chi connectivity index (χ1v) is 8.23. The van der Waals surface area contributed by atoms with Gasteiger partial charge in [0.1, 0.15) is 5.52 Å². The molecule has 0 saturated heterocycles. The van der Waals surface area contributed by atoms with Gasteiger partial charge in [0.15, 0.2) is 5.78 Å². The molecule has 5 nitrogen and oxygen atoms in total. The van der Waals surface area contributed by atoms with Gasteiger partial charge in [-0.15, -0.1) is 5.10 Å². The molecule has 4 rings (SSSR count). The van der Waals surface area contributed by atoms with Gasteiger partial charge in [-0.2, -0.15) is 0 Å². The van der Waals surface area contributed by atoms with Crippen molar-refractivity contribution in [2.75, 3.05) is 0 Å². The Kier molecular flexibility index (Phi) is 4.11. The second kappa shape index (κ2) is 6.72. The molecular formula is C21H15N3O2. The normalized spacial score (nSPS) is 10.8. The van der Waals surface area contributed by atoms with Crippen molar-refractivity contribution >= 4 is 16.7 Å². The Morgan fingerprint density at radius 1 is 0.846 bits per heavy atom. The van der Waals surface area contributed by atoms with Gasteiger partial charge in [-0.25, -0.2) is 4.68 Å². The van der Waals surface area contributed by atoms with E-state index in [-0.39, 0.29) is 17.9 Å². The molecule has 26 heavy (non-hydrogen) atoms. The zero-order valence-electron chi connectivity index (χ0n) is 13.9. The Morgan fingerprint density at radius 3 is 2.42 bits per heavy atom. The fraction of sp³-hybridized carbons (Fsp3) is 0.0476. The van der Waals surface area contributed by atoms with E-state index in [9.17, 15) is 9.59 Å². The number of carbonyl (C=O) groups excluding carboxylic acids is 1. The number of carbonyl (C=O) groups is 1. The van der Waals surface area contributed by atoms with E-state index < -0.39 is 0 Å². The largest absolute Gasteiger partial charge is 0.289 e. The minimum absolute atomic E-state index is 0.0515. The van der Waals surface area contributed by atoms with Crippen LogP contribution in [-0.4, -0.2) is 20.8 Å². The first-order chi connectivity index (χ1) is 12.7. The van der Waals surface area contributed by atoms with Crippen LogP contribution in [0.4, 0.5) is 0 Å². The van der Waals surface area contributed by atoms with Crippen LogP contribution in [0.2, 0.25) is 0 Å². The van der Waals surface area contributed by atoms with Crippen LogP contribution in [0.3, 0.4) is 0 Å². The van der Waals surface area contributed by atoms with E-state index in [2.05, 4.69) is 10.3 Å². The Labute approximate surface area is 149 Å². The molecule has 0 saturated carbocycles. The Bertz CT molecular complexity index is 1150. The average Bonchev–Trinajstić information content (AvgIpc) is 2.71. The summed E-state index contributed by atoms with van der Waals surface area (Å²) in [5.74, 6) is -0.0515. The first kappa shape index (κ1) is 15.9. The number of nitrogens with zero attached hydrogens (tertiary/aromatic N) is 3. The van der Waals surface area contributed by atoms with Crippen molar-refractivity contribution in [3.05, 3.63) is 106 Å². The highest BCUT2D eigenvalue weighted by molar-refractivity contribution is 6.09. The Hall–Kier alpha value is -3.60. The van der Waals surface area contributed by atoms with Crippen LogP contribution in [0.5, 0.6) is 0 Å². The van der Waals surface area contributed by atoms with E-state index in [1.54, 1.807) is 42.5 Å². The monoisotopic (exact) mass is 341 g/mol. The third-order valence-electron chi connectivity index (χ3n) is 4.19. The van der Waals surface area contributed by atoms with E-state index >= 15 is 0 Å². The minimum atomic E-state index is -0.199. The average molecular weight is 341 g/mol. The zero-order valence-corrected chi connectivity index (χ0v) is 13.9. The maximum absolute atomic E-state index is 12.6. The lowest BCUT2D eigenvalue weighted by Crippen LogP contribution is -2.24. The summed E-state index contributed by atoms with van der Waals surface area (Å²) in [6.07, 6.45) is 0. The van der Waals surface area contributed by atoms with Crippen molar-refractivity contribution in [2.45, 2.75) is 6.54 Å². The predicted molar refractivity (Wildman–Crippen MR) is 99.2 cm³/mol. The minimum Gasteiger partial charge on any atom is -0.289 e. The molecule has 0 aliphatic carbocycles. The second-order valence-corrected chi connectivity index (χ2v) is 5.96. The molecule has 126 valence electrons. The molecule has 0 radical (unpaired) electrons. The van der Waals surface area contributed by atoms with Crippen molar-refractivity contribution < 1.29 is 4.79 Å². The van der Waals surface area contributed by atoms with Gasteiger partial charge in [0.05, 0.1) is 11.9 Å². The maximum Gasteiger partial charge on any atom is 0.277 e. The summed E-state index contributed by atoms with van der Waals surface area (Å²) >= 11 is 0. The lowest BCUT2D eigenvalue weighted by molar-refractivity contribution is 0.103. The van der Waals surface area contributed by atoms with Crippen LogP contribution in [0, 0.1) is 0 Å². The van der Waals surface area contributed by atoms with Gasteiger partial charge in [0, 0.05) is 11.1 Å². The van der Waals surface area contributed by atoms with Gasteiger partial charge < -0.3 is 0 Å². The van der Waals surface area contributed by atoms with Crippen LogP contribution >= 0.6 is 0 Å². The summed E-state index contributed by atoms with van der Waals surface area (Å²) in [6.45, 7) is 0.257. The molecule has 0 unspecified atom stereocenters. The van der Waals surface area contributed by atoms with Crippen LogP contribution < -0.4 is 5.56 Å². The van der Waals surface area contributed by atoms with Gasteiger partial charge in [-0.1, -0.05) is 65.9 Å². The number of fused-ring (bicyclic) bond motifs is 1. The van der Waals surface area contributed by atoms with Crippen LogP contribution in [-0.2, 0) is 6.54 Å². The van der Waals surface area contributed by atoms with Gasteiger partial charge in [-0.3, -0.25) is 9.59 Å². The number of ketones is 1. The lowest BCUT2D eigenvalue weighted by Gasteiger charge is -2.07. The maximum atomic E-state index is 12.6. The number of hydrogen-bond donors (Lipinski definition) is 0. The molecule has 0 atom stereocenters. The topological polar surface area (TPSA) is 64.8 Å². The van der Waals surface area contributed by atoms with Crippen LogP contribution in [0.1, 0.15) is 21.5 Å². The molecule has 3 aromatic carbocycles. The molecule has 4 aromatic rings. The van der Waals surface area contributed by atoms with E-state index in [1.807, 2.05) is 36.4 Å². The number of aromatic nitrogens is 3. The summed E-state index contributed by atoms with van der Waals surface area (Å²) in [4.78, 5) is 25.2. The van der Waals surface area contributed by atoms with E-state index in [1.165, 1.54) is 4.68 Å². The van der Waals surface area contributed by atoms with Crippen LogP contribution in [0.15, 0.2) is 83.7 Å². The van der Waals surface area contributed by atoms with Gasteiger partial charge in [-0.05, 0) is 23.8 Å². The smallest absolute Gasteiger partial charge is 0.277 e. The molecule has 0 bridgehead atoms. The lowest BCUT2D eigenvalue weighted by atomic mass is 10.0. The standard InChI is InChI=1S/C21H15N3O2/c25-20(16-8-2-1-3-9-16)17-10-6-7-15(13-17)14-24-21(26)18-11-4-5-12-19(18)22-23-24/h1-13H,14H2. The molecular weight excluding hydrogens is 326 g/mol. The summed E-state index contributed by atoms with van der Waals surface area (Å²) in [7, 11) is 0. The van der Waals surface area contributed by atoms with Crippen molar-refractivity contribution in [3.8, 4) is 0 Å². The highest BCUT2D eigenvalue weighted by atomic mass is 16.1. The Morgan fingerprint density at radius 2 is 1.58 bits per heavy atom. The summed E-state index contributed by atoms with van der Waals surface area (Å²) in [5, 5.41) is 8.62. The van der Waals surface area contributed by atoms with Crippen molar-refractivity contribution in [1.29, 1.82) is 0 Å². The third-order valence-corrected chi connectivity index (χ3v) is 4.19.